The third kappa shape index (κ3) is 2.66. The van der Waals surface area contributed by atoms with Crippen molar-refractivity contribution in [1.29, 1.82) is 0 Å². The van der Waals surface area contributed by atoms with Gasteiger partial charge in [0.25, 0.3) is 0 Å². The molecule has 0 saturated carbocycles. The highest BCUT2D eigenvalue weighted by atomic mass is 19.4. The van der Waals surface area contributed by atoms with Gasteiger partial charge < -0.3 is 19.7 Å². The summed E-state index contributed by atoms with van der Waals surface area (Å²) in [6.45, 7) is -0.0353. The van der Waals surface area contributed by atoms with Crippen LogP contribution in [0.5, 0.6) is 11.5 Å². The fourth-order valence-electron chi connectivity index (χ4n) is 2.63. The van der Waals surface area contributed by atoms with E-state index in [4.69, 9.17) is 9.47 Å². The van der Waals surface area contributed by atoms with Crippen molar-refractivity contribution in [2.45, 2.75) is 12.2 Å². The minimum atomic E-state index is -5.05. The number of nitrogens with zero attached hydrogens (tertiary/aromatic N) is 1. The van der Waals surface area contributed by atoms with Crippen molar-refractivity contribution in [3.8, 4) is 11.5 Å². The Morgan fingerprint density at radius 1 is 1.29 bits per heavy atom. The Bertz CT molecular complexity index is 756. The number of alkyl halides is 3. The van der Waals surface area contributed by atoms with E-state index in [9.17, 15) is 22.8 Å². The zero-order valence-corrected chi connectivity index (χ0v) is 12.7. The Kier molecular flexibility index (Phi) is 3.66. The number of carbonyl (C=O) groups is 2. The van der Waals surface area contributed by atoms with Gasteiger partial charge in [-0.15, -0.1) is 0 Å². The molecule has 0 radical (unpaired) electrons. The van der Waals surface area contributed by atoms with E-state index < -0.39 is 23.9 Å². The first-order chi connectivity index (χ1) is 11.2. The van der Waals surface area contributed by atoms with E-state index >= 15 is 0 Å². The number of benzene rings is 1. The molecule has 9 heteroatoms. The number of Topliss-reactive ketones (excluding diaryl/α,β-unsaturated/α-hetero) is 1. The summed E-state index contributed by atoms with van der Waals surface area (Å²) in [5, 5.41) is 1.88. The van der Waals surface area contributed by atoms with Crippen molar-refractivity contribution in [2.75, 3.05) is 20.9 Å². The van der Waals surface area contributed by atoms with Gasteiger partial charge in [0, 0.05) is 31.4 Å². The van der Waals surface area contributed by atoms with E-state index in [1.54, 1.807) is 14.1 Å². The van der Waals surface area contributed by atoms with Gasteiger partial charge >= 0.3 is 12.1 Å². The number of hydrogen-bond acceptors (Lipinski definition) is 5. The molecule has 1 atom stereocenters. The summed E-state index contributed by atoms with van der Waals surface area (Å²) < 4.78 is 48.2. The third-order valence-corrected chi connectivity index (χ3v) is 3.60. The van der Waals surface area contributed by atoms with Crippen LogP contribution in [-0.4, -0.2) is 43.7 Å². The monoisotopic (exact) mass is 342 g/mol. The maximum absolute atomic E-state index is 12.6. The van der Waals surface area contributed by atoms with Crippen LogP contribution in [0.1, 0.15) is 22.0 Å². The van der Waals surface area contributed by atoms with Gasteiger partial charge in [-0.1, -0.05) is 0 Å². The molecule has 3 rings (SSSR count). The second-order valence-electron chi connectivity index (χ2n) is 5.57. The van der Waals surface area contributed by atoms with E-state index in [0.717, 1.165) is 0 Å². The summed E-state index contributed by atoms with van der Waals surface area (Å²) in [4.78, 5) is 25.4. The Morgan fingerprint density at radius 3 is 2.50 bits per heavy atom. The minimum Gasteiger partial charge on any atom is -0.454 e. The van der Waals surface area contributed by atoms with E-state index in [1.807, 2.05) is 5.32 Å². The van der Waals surface area contributed by atoms with Gasteiger partial charge in [-0.05, 0) is 17.7 Å². The van der Waals surface area contributed by atoms with Crippen LogP contribution < -0.4 is 14.8 Å². The average molecular weight is 342 g/mol. The van der Waals surface area contributed by atoms with Crippen LogP contribution >= 0.6 is 0 Å². The molecule has 128 valence electrons. The van der Waals surface area contributed by atoms with Gasteiger partial charge in [0.15, 0.2) is 17.3 Å². The number of nitrogens with one attached hydrogen (secondary N) is 1. The number of hydrogen-bond donors (Lipinski definition) is 1. The normalized spacial score (nSPS) is 20.3. The van der Waals surface area contributed by atoms with Crippen molar-refractivity contribution in [1.82, 2.24) is 10.2 Å². The van der Waals surface area contributed by atoms with Crippen molar-refractivity contribution in [2.24, 2.45) is 0 Å². The van der Waals surface area contributed by atoms with Gasteiger partial charge in [0.1, 0.15) is 0 Å². The number of ether oxygens (including phenoxy) is 2. The van der Waals surface area contributed by atoms with E-state index in [1.165, 1.54) is 23.2 Å². The highest BCUT2D eigenvalue weighted by Crippen LogP contribution is 2.44. The van der Waals surface area contributed by atoms with Gasteiger partial charge in [0.2, 0.25) is 6.79 Å². The first-order valence-corrected chi connectivity index (χ1v) is 6.92. The lowest BCUT2D eigenvalue weighted by Gasteiger charge is -2.18. The first kappa shape index (κ1) is 16.2. The van der Waals surface area contributed by atoms with Crippen LogP contribution in [0.25, 0.3) is 0 Å². The number of rotatable bonds is 2. The zero-order valence-electron chi connectivity index (χ0n) is 12.7. The standard InChI is InChI=1S/C15H13F3N2O4/c1-20(2)5-9-12(19-14(22)15(16,17)18)7-3-10-11(24-6-23-10)4-8(7)13(9)21/h3-5,12H,6H2,1-2H3,(H,19,22)/b9-5-/t12-/m1/s1. The second kappa shape index (κ2) is 5.43. The molecule has 1 aromatic carbocycles. The largest absolute Gasteiger partial charge is 0.471 e. The van der Waals surface area contributed by atoms with E-state index in [2.05, 4.69) is 0 Å². The smallest absolute Gasteiger partial charge is 0.454 e. The molecule has 0 aromatic heterocycles. The Labute approximate surface area is 134 Å². The average Bonchev–Trinajstić information content (AvgIpc) is 3.02. The number of amides is 1. The van der Waals surface area contributed by atoms with E-state index in [-0.39, 0.29) is 23.5 Å². The zero-order chi connectivity index (χ0) is 17.6. The maximum atomic E-state index is 12.6. The highest BCUT2D eigenvalue weighted by molar-refractivity contribution is 6.15. The molecule has 0 bridgehead atoms. The fourth-order valence-corrected chi connectivity index (χ4v) is 2.63. The van der Waals surface area contributed by atoms with Crippen molar-refractivity contribution in [3.05, 3.63) is 35.0 Å². The van der Waals surface area contributed by atoms with Gasteiger partial charge in [0.05, 0.1) is 6.04 Å². The molecule has 1 heterocycles. The fraction of sp³-hybridized carbons (Fsp3) is 0.333. The Hall–Kier alpha value is -2.71. The quantitative estimate of drug-likeness (QED) is 0.830. The highest BCUT2D eigenvalue weighted by Gasteiger charge is 2.44. The van der Waals surface area contributed by atoms with Crippen molar-refractivity contribution < 1.29 is 32.2 Å². The molecule has 6 nitrogen and oxygen atoms in total. The molecule has 0 saturated heterocycles. The molecule has 1 N–H and O–H groups in total. The Morgan fingerprint density at radius 2 is 1.92 bits per heavy atom. The van der Waals surface area contributed by atoms with Crippen LogP contribution in [-0.2, 0) is 4.79 Å². The topological polar surface area (TPSA) is 67.9 Å². The Balaban J connectivity index is 2.07. The van der Waals surface area contributed by atoms with Crippen molar-refractivity contribution in [3.63, 3.8) is 0 Å². The molecule has 0 spiro atoms. The third-order valence-electron chi connectivity index (χ3n) is 3.60. The summed E-state index contributed by atoms with van der Waals surface area (Å²) in [6, 6.07) is 1.63. The molecular weight excluding hydrogens is 329 g/mol. The lowest BCUT2D eigenvalue weighted by Crippen LogP contribution is -2.39. The second-order valence-corrected chi connectivity index (χ2v) is 5.57. The molecule has 1 amide bonds. The number of carbonyl (C=O) groups excluding carboxylic acids is 2. The van der Waals surface area contributed by atoms with Crippen LogP contribution in [0.2, 0.25) is 0 Å². The molecule has 2 aliphatic rings. The number of halogens is 3. The van der Waals surface area contributed by atoms with Gasteiger partial charge in [-0.25, -0.2) is 0 Å². The molecule has 24 heavy (non-hydrogen) atoms. The predicted molar refractivity (Wildman–Crippen MR) is 75.6 cm³/mol. The molecule has 1 aliphatic carbocycles. The molecule has 1 aliphatic heterocycles. The van der Waals surface area contributed by atoms with Crippen LogP contribution in [0.3, 0.4) is 0 Å². The maximum Gasteiger partial charge on any atom is 0.471 e. The lowest BCUT2D eigenvalue weighted by atomic mass is 10.1. The SMILES string of the molecule is CN(C)/C=C1\C(=O)c2cc3c(cc2[C@H]1NC(=O)C(F)(F)F)OCO3. The minimum absolute atomic E-state index is 0.0353. The van der Waals surface area contributed by atoms with Crippen LogP contribution in [0.4, 0.5) is 13.2 Å². The van der Waals surface area contributed by atoms with Crippen LogP contribution in [0, 0.1) is 0 Å². The van der Waals surface area contributed by atoms with Gasteiger partial charge in [-0.3, -0.25) is 9.59 Å². The molecule has 1 aromatic rings. The predicted octanol–water partition coefficient (Wildman–Crippen LogP) is 1.78. The summed E-state index contributed by atoms with van der Waals surface area (Å²) in [5.74, 6) is -1.92. The number of ketones is 1. The summed E-state index contributed by atoms with van der Waals surface area (Å²) in [6.07, 6.45) is -3.66. The van der Waals surface area contributed by atoms with Gasteiger partial charge in [-0.2, -0.15) is 13.2 Å². The molecular formula is C15H13F3N2O4. The summed E-state index contributed by atoms with van der Waals surface area (Å²) in [7, 11) is 3.25. The number of fused-ring (bicyclic) bond motifs is 2. The summed E-state index contributed by atoms with van der Waals surface area (Å²) >= 11 is 0. The van der Waals surface area contributed by atoms with E-state index in [0.29, 0.717) is 11.5 Å². The molecule has 0 fully saturated rings. The lowest BCUT2D eigenvalue weighted by molar-refractivity contribution is -0.174. The molecule has 0 unspecified atom stereocenters. The first-order valence-electron chi connectivity index (χ1n) is 6.92. The van der Waals surface area contributed by atoms with Crippen LogP contribution in [0.15, 0.2) is 23.9 Å². The summed E-state index contributed by atoms with van der Waals surface area (Å²) in [5.41, 5.74) is 0.464. The van der Waals surface area contributed by atoms with Crippen molar-refractivity contribution >= 4 is 11.7 Å².